The highest BCUT2D eigenvalue weighted by molar-refractivity contribution is 7.88. The lowest BCUT2D eigenvalue weighted by Gasteiger charge is -2.20. The number of halogens is 3. The lowest BCUT2D eigenvalue weighted by atomic mass is 10.2. The van der Waals surface area contributed by atoms with E-state index in [-0.39, 0.29) is 12.1 Å². The Bertz CT molecular complexity index is 665. The number of amides is 1. The van der Waals surface area contributed by atoms with Crippen molar-refractivity contribution in [3.8, 4) is 5.75 Å². The van der Waals surface area contributed by atoms with E-state index in [4.69, 9.17) is 4.74 Å². The van der Waals surface area contributed by atoms with Gasteiger partial charge in [-0.15, -0.1) is 0 Å². The van der Waals surface area contributed by atoms with E-state index in [2.05, 4.69) is 9.50 Å². The predicted octanol–water partition coefficient (Wildman–Crippen LogP) is 2.94. The summed E-state index contributed by atoms with van der Waals surface area (Å²) >= 11 is 0. The third-order valence-electron chi connectivity index (χ3n) is 2.28. The van der Waals surface area contributed by atoms with Crippen LogP contribution in [0.1, 0.15) is 26.3 Å². The smallest absolute Gasteiger partial charge is 0.444 e. The molecule has 0 bridgehead atoms. The van der Waals surface area contributed by atoms with Crippen LogP contribution in [0.3, 0.4) is 0 Å². The maximum Gasteiger partial charge on any atom is 0.534 e. The van der Waals surface area contributed by atoms with Crippen molar-refractivity contribution in [2.75, 3.05) is 0 Å². The Morgan fingerprint density at radius 3 is 2.26 bits per heavy atom. The number of hydrogen-bond donors (Lipinski definition) is 1. The van der Waals surface area contributed by atoms with Crippen LogP contribution in [0.5, 0.6) is 5.75 Å². The lowest BCUT2D eigenvalue weighted by Crippen LogP contribution is -2.32. The van der Waals surface area contributed by atoms with Crippen molar-refractivity contribution in [3.63, 3.8) is 0 Å². The summed E-state index contributed by atoms with van der Waals surface area (Å²) in [5.74, 6) is -0.527. The fourth-order valence-corrected chi connectivity index (χ4v) is 1.87. The van der Waals surface area contributed by atoms with E-state index in [0.29, 0.717) is 0 Å². The zero-order valence-corrected chi connectivity index (χ0v) is 13.4. The number of ether oxygens (including phenoxy) is 1. The first-order chi connectivity index (χ1) is 10.3. The molecule has 0 saturated carbocycles. The molecular formula is C13H16F3NO5S. The number of alkyl carbamates (subject to hydrolysis) is 1. The van der Waals surface area contributed by atoms with Crippen molar-refractivity contribution in [1.29, 1.82) is 0 Å². The van der Waals surface area contributed by atoms with Crippen molar-refractivity contribution in [1.82, 2.24) is 5.32 Å². The van der Waals surface area contributed by atoms with Gasteiger partial charge in [-0.25, -0.2) is 4.79 Å². The van der Waals surface area contributed by atoms with Crippen LogP contribution in [0.25, 0.3) is 0 Å². The van der Waals surface area contributed by atoms with Crippen LogP contribution in [0.4, 0.5) is 18.0 Å². The van der Waals surface area contributed by atoms with Crippen molar-refractivity contribution < 1.29 is 35.3 Å². The number of carbonyl (C=O) groups excluding carboxylic acids is 1. The summed E-state index contributed by atoms with van der Waals surface area (Å²) in [6.07, 6.45) is -0.800. The SMILES string of the molecule is CC(C)(C)OC(=O)NCc1ccccc1OS(=O)(=O)C(F)(F)F. The molecule has 10 heteroatoms. The molecule has 0 heterocycles. The highest BCUT2D eigenvalue weighted by Gasteiger charge is 2.48. The molecule has 0 atom stereocenters. The van der Waals surface area contributed by atoms with E-state index in [1.165, 1.54) is 18.2 Å². The molecule has 0 unspecified atom stereocenters. The molecule has 1 aromatic rings. The summed E-state index contributed by atoms with van der Waals surface area (Å²) in [4.78, 5) is 11.5. The van der Waals surface area contributed by atoms with Crippen molar-refractivity contribution in [2.45, 2.75) is 38.4 Å². The number of hydrogen-bond acceptors (Lipinski definition) is 5. The fraction of sp³-hybridized carbons (Fsp3) is 0.462. The topological polar surface area (TPSA) is 81.7 Å². The zero-order chi connectivity index (χ0) is 17.9. The Labute approximate surface area is 131 Å². The number of para-hydroxylation sites is 1. The third-order valence-corrected chi connectivity index (χ3v) is 3.24. The Hall–Kier alpha value is -1.97. The summed E-state index contributed by atoms with van der Waals surface area (Å²) < 4.78 is 68.2. The third kappa shape index (κ3) is 5.97. The van der Waals surface area contributed by atoms with E-state index in [9.17, 15) is 26.4 Å². The Balaban J connectivity index is 2.85. The molecule has 6 nitrogen and oxygen atoms in total. The van der Waals surface area contributed by atoms with Crippen LogP contribution in [0, 0.1) is 0 Å². The van der Waals surface area contributed by atoms with E-state index in [1.54, 1.807) is 20.8 Å². The molecule has 0 spiro atoms. The van der Waals surface area contributed by atoms with Gasteiger partial charge in [-0.05, 0) is 26.8 Å². The minimum atomic E-state index is -5.78. The minimum Gasteiger partial charge on any atom is -0.444 e. The Kier molecular flexibility index (Phi) is 5.51. The molecule has 0 aliphatic heterocycles. The molecule has 1 N–H and O–H groups in total. The molecule has 0 radical (unpaired) electrons. The predicted molar refractivity (Wildman–Crippen MR) is 75.1 cm³/mol. The van der Waals surface area contributed by atoms with Crippen molar-refractivity contribution in [2.24, 2.45) is 0 Å². The van der Waals surface area contributed by atoms with Crippen LogP contribution in [-0.4, -0.2) is 25.6 Å². The van der Waals surface area contributed by atoms with Crippen LogP contribution in [-0.2, 0) is 21.4 Å². The van der Waals surface area contributed by atoms with E-state index in [1.807, 2.05) is 0 Å². The summed E-state index contributed by atoms with van der Waals surface area (Å²) in [6, 6.07) is 5.13. The van der Waals surface area contributed by atoms with Crippen molar-refractivity contribution >= 4 is 16.2 Å². The first kappa shape index (κ1) is 19.1. The normalized spacial score (nSPS) is 12.6. The average Bonchev–Trinajstić information content (AvgIpc) is 2.34. The van der Waals surface area contributed by atoms with Crippen LogP contribution < -0.4 is 9.50 Å². The molecule has 1 amide bonds. The van der Waals surface area contributed by atoms with Gasteiger partial charge in [0.1, 0.15) is 11.4 Å². The second kappa shape index (κ2) is 6.65. The molecule has 0 fully saturated rings. The summed E-state index contributed by atoms with van der Waals surface area (Å²) in [7, 11) is -5.78. The number of carbonyl (C=O) groups is 1. The molecule has 0 aromatic heterocycles. The zero-order valence-electron chi connectivity index (χ0n) is 12.6. The minimum absolute atomic E-state index is 0.0474. The number of alkyl halides is 3. The van der Waals surface area contributed by atoms with Gasteiger partial charge in [-0.2, -0.15) is 21.6 Å². The van der Waals surface area contributed by atoms with Gasteiger partial charge in [0.15, 0.2) is 0 Å². The Morgan fingerprint density at radius 1 is 1.17 bits per heavy atom. The molecular weight excluding hydrogens is 339 g/mol. The summed E-state index contributed by atoms with van der Waals surface area (Å²) in [5.41, 5.74) is -6.25. The van der Waals surface area contributed by atoms with Gasteiger partial charge in [0.25, 0.3) is 0 Å². The molecule has 1 rings (SSSR count). The van der Waals surface area contributed by atoms with Gasteiger partial charge in [-0.3, -0.25) is 0 Å². The lowest BCUT2D eigenvalue weighted by molar-refractivity contribution is -0.0500. The van der Waals surface area contributed by atoms with Gasteiger partial charge < -0.3 is 14.2 Å². The number of benzene rings is 1. The van der Waals surface area contributed by atoms with E-state index in [0.717, 1.165) is 6.07 Å². The van der Waals surface area contributed by atoms with Crippen LogP contribution in [0.2, 0.25) is 0 Å². The number of nitrogens with one attached hydrogen (secondary N) is 1. The molecule has 0 aliphatic rings. The highest BCUT2D eigenvalue weighted by Crippen LogP contribution is 2.28. The highest BCUT2D eigenvalue weighted by atomic mass is 32.2. The van der Waals surface area contributed by atoms with Gasteiger partial charge in [-0.1, -0.05) is 18.2 Å². The van der Waals surface area contributed by atoms with Gasteiger partial charge in [0.05, 0.1) is 0 Å². The molecule has 1 aromatic carbocycles. The van der Waals surface area contributed by atoms with E-state index >= 15 is 0 Å². The standard InChI is InChI=1S/C13H16F3NO5S/c1-12(2,3)21-11(18)17-8-9-6-4-5-7-10(9)22-23(19,20)13(14,15)16/h4-7H,8H2,1-3H3,(H,17,18). The monoisotopic (exact) mass is 355 g/mol. The van der Waals surface area contributed by atoms with Crippen LogP contribution >= 0.6 is 0 Å². The first-order valence-electron chi connectivity index (χ1n) is 6.37. The van der Waals surface area contributed by atoms with Gasteiger partial charge in [0.2, 0.25) is 0 Å². The fourth-order valence-electron chi connectivity index (χ4n) is 1.38. The van der Waals surface area contributed by atoms with Gasteiger partial charge >= 0.3 is 21.7 Å². The first-order valence-corrected chi connectivity index (χ1v) is 7.78. The molecule has 130 valence electrons. The summed E-state index contributed by atoms with van der Waals surface area (Å²) in [6.45, 7) is 4.65. The van der Waals surface area contributed by atoms with Gasteiger partial charge in [0, 0.05) is 12.1 Å². The number of rotatable bonds is 4. The second-order valence-corrected chi connectivity index (χ2v) is 6.98. The quantitative estimate of drug-likeness (QED) is 0.663. The maximum absolute atomic E-state index is 12.3. The largest absolute Gasteiger partial charge is 0.534 e. The second-order valence-electron chi connectivity index (χ2n) is 5.45. The molecule has 0 aliphatic carbocycles. The average molecular weight is 355 g/mol. The summed E-state index contributed by atoms with van der Waals surface area (Å²) in [5, 5.41) is 2.30. The van der Waals surface area contributed by atoms with Crippen molar-refractivity contribution in [3.05, 3.63) is 29.8 Å². The van der Waals surface area contributed by atoms with Crippen LogP contribution in [0.15, 0.2) is 24.3 Å². The molecule has 0 saturated heterocycles. The Morgan fingerprint density at radius 2 is 1.74 bits per heavy atom. The van der Waals surface area contributed by atoms with E-state index < -0.39 is 33.1 Å². The maximum atomic E-state index is 12.3. The molecule has 23 heavy (non-hydrogen) atoms.